The van der Waals surface area contributed by atoms with Crippen LogP contribution in [0.1, 0.15) is 12.1 Å². The average molecular weight is 224 g/mol. The summed E-state index contributed by atoms with van der Waals surface area (Å²) >= 11 is 6.00. The molecule has 3 nitrogen and oxygen atoms in total. The van der Waals surface area contributed by atoms with Crippen molar-refractivity contribution in [3.63, 3.8) is 0 Å². The fourth-order valence-corrected chi connectivity index (χ4v) is 1.78. The van der Waals surface area contributed by atoms with Crippen LogP contribution in [0, 0.1) is 0 Å². The maximum Gasteiger partial charge on any atom is 0.303 e. The van der Waals surface area contributed by atoms with Crippen LogP contribution in [-0.4, -0.2) is 16.1 Å². The van der Waals surface area contributed by atoms with Gasteiger partial charge in [0, 0.05) is 21.6 Å². The number of carboxylic acids is 1. The number of carbonyl (C=O) groups is 1. The molecule has 0 unspecified atom stereocenters. The number of aromatic amines is 1. The minimum atomic E-state index is -0.792. The first-order chi connectivity index (χ1) is 7.16. The van der Waals surface area contributed by atoms with Crippen molar-refractivity contribution in [1.29, 1.82) is 0 Å². The number of H-pyrrole nitrogens is 1. The van der Waals surface area contributed by atoms with Gasteiger partial charge < -0.3 is 10.1 Å². The predicted molar refractivity (Wildman–Crippen MR) is 59.3 cm³/mol. The third kappa shape index (κ3) is 2.13. The first-order valence-corrected chi connectivity index (χ1v) is 5.02. The van der Waals surface area contributed by atoms with Crippen molar-refractivity contribution in [2.24, 2.45) is 0 Å². The summed E-state index contributed by atoms with van der Waals surface area (Å²) in [7, 11) is 0. The van der Waals surface area contributed by atoms with Crippen LogP contribution in [0.4, 0.5) is 0 Å². The lowest BCUT2D eigenvalue weighted by atomic mass is 10.2. The van der Waals surface area contributed by atoms with E-state index < -0.39 is 5.97 Å². The molecule has 78 valence electrons. The molecule has 0 aliphatic carbocycles. The molecular weight excluding hydrogens is 214 g/mol. The molecule has 0 atom stereocenters. The number of hydrogen-bond donors (Lipinski definition) is 2. The van der Waals surface area contributed by atoms with Crippen LogP contribution in [-0.2, 0) is 11.2 Å². The summed E-state index contributed by atoms with van der Waals surface area (Å²) in [6.07, 6.45) is 0.630. The van der Waals surface area contributed by atoms with Gasteiger partial charge in [0.2, 0.25) is 0 Å². The third-order valence-electron chi connectivity index (χ3n) is 2.27. The van der Waals surface area contributed by atoms with E-state index in [1.54, 1.807) is 0 Å². The molecule has 4 heteroatoms. The summed E-state index contributed by atoms with van der Waals surface area (Å²) in [4.78, 5) is 13.6. The highest BCUT2D eigenvalue weighted by molar-refractivity contribution is 6.35. The number of aliphatic carboxylic acids is 1. The first kappa shape index (κ1) is 10.1. The van der Waals surface area contributed by atoms with E-state index >= 15 is 0 Å². The van der Waals surface area contributed by atoms with Gasteiger partial charge in [-0.05, 0) is 24.6 Å². The predicted octanol–water partition coefficient (Wildman–Crippen LogP) is 2.84. The number of hydrogen-bond acceptors (Lipinski definition) is 1. The van der Waals surface area contributed by atoms with E-state index in [0.717, 1.165) is 16.6 Å². The number of aromatic nitrogens is 1. The summed E-state index contributed by atoms with van der Waals surface area (Å²) in [6.45, 7) is 0. The van der Waals surface area contributed by atoms with Crippen molar-refractivity contribution in [2.75, 3.05) is 0 Å². The monoisotopic (exact) mass is 223 g/mol. The molecule has 0 saturated carbocycles. The normalized spacial score (nSPS) is 10.7. The maximum absolute atomic E-state index is 10.4. The molecule has 2 N–H and O–H groups in total. The number of carboxylic acid groups (broad SMARTS) is 1. The molecule has 0 bridgehead atoms. The molecule has 0 radical (unpaired) electrons. The van der Waals surface area contributed by atoms with E-state index in [-0.39, 0.29) is 6.42 Å². The molecular formula is C11H10ClNO2. The van der Waals surface area contributed by atoms with Crippen LogP contribution >= 0.6 is 11.6 Å². The lowest BCUT2D eigenvalue weighted by molar-refractivity contribution is -0.136. The van der Waals surface area contributed by atoms with Crippen LogP contribution in [0.15, 0.2) is 24.3 Å². The Morgan fingerprint density at radius 3 is 2.93 bits per heavy atom. The van der Waals surface area contributed by atoms with E-state index in [4.69, 9.17) is 16.7 Å². The van der Waals surface area contributed by atoms with Crippen molar-refractivity contribution >= 4 is 28.5 Å². The minimum Gasteiger partial charge on any atom is -0.481 e. The largest absolute Gasteiger partial charge is 0.481 e. The fraction of sp³-hybridized carbons (Fsp3) is 0.182. The lowest BCUT2D eigenvalue weighted by Crippen LogP contribution is -1.97. The highest BCUT2D eigenvalue weighted by atomic mass is 35.5. The number of fused-ring (bicyclic) bond motifs is 1. The Labute approximate surface area is 91.7 Å². The Morgan fingerprint density at radius 1 is 1.47 bits per heavy atom. The highest BCUT2D eigenvalue weighted by Gasteiger charge is 2.05. The molecule has 0 saturated heterocycles. The second-order valence-electron chi connectivity index (χ2n) is 3.39. The van der Waals surface area contributed by atoms with Crippen LogP contribution in [0.25, 0.3) is 10.9 Å². The van der Waals surface area contributed by atoms with Crippen LogP contribution in [0.2, 0.25) is 5.02 Å². The SMILES string of the molecule is O=C(O)CCc1cc2c(Cl)cccc2[nH]1. The van der Waals surface area contributed by atoms with Gasteiger partial charge in [0.1, 0.15) is 0 Å². The van der Waals surface area contributed by atoms with E-state index in [0.29, 0.717) is 11.4 Å². The summed E-state index contributed by atoms with van der Waals surface area (Å²) in [5.41, 5.74) is 1.85. The molecule has 0 aliphatic rings. The third-order valence-corrected chi connectivity index (χ3v) is 2.60. The average Bonchev–Trinajstić information content (AvgIpc) is 2.59. The van der Waals surface area contributed by atoms with Crippen molar-refractivity contribution in [1.82, 2.24) is 4.98 Å². The summed E-state index contributed by atoms with van der Waals surface area (Å²) in [5.74, 6) is -0.792. The van der Waals surface area contributed by atoms with Crippen molar-refractivity contribution in [3.8, 4) is 0 Å². The summed E-state index contributed by atoms with van der Waals surface area (Å²) < 4.78 is 0. The van der Waals surface area contributed by atoms with Gasteiger partial charge in [0.15, 0.2) is 0 Å². The molecule has 1 aromatic carbocycles. The molecule has 1 aromatic heterocycles. The zero-order valence-corrected chi connectivity index (χ0v) is 8.71. The minimum absolute atomic E-state index is 0.129. The van der Waals surface area contributed by atoms with Crippen molar-refractivity contribution in [3.05, 3.63) is 35.0 Å². The molecule has 0 fully saturated rings. The highest BCUT2D eigenvalue weighted by Crippen LogP contribution is 2.24. The Morgan fingerprint density at radius 2 is 2.27 bits per heavy atom. The zero-order chi connectivity index (χ0) is 10.8. The summed E-state index contributed by atoms with van der Waals surface area (Å²) in [6, 6.07) is 7.51. The van der Waals surface area contributed by atoms with Crippen LogP contribution < -0.4 is 0 Å². The quantitative estimate of drug-likeness (QED) is 0.841. The zero-order valence-electron chi connectivity index (χ0n) is 7.96. The van der Waals surface area contributed by atoms with Crippen molar-refractivity contribution < 1.29 is 9.90 Å². The molecule has 2 aromatic rings. The van der Waals surface area contributed by atoms with E-state index in [2.05, 4.69) is 4.98 Å². The van der Waals surface area contributed by atoms with Crippen molar-refractivity contribution in [2.45, 2.75) is 12.8 Å². The topological polar surface area (TPSA) is 53.1 Å². The van der Waals surface area contributed by atoms with Gasteiger partial charge in [-0.3, -0.25) is 4.79 Å². The van der Waals surface area contributed by atoms with Gasteiger partial charge in [-0.15, -0.1) is 0 Å². The maximum atomic E-state index is 10.4. The smallest absolute Gasteiger partial charge is 0.303 e. The van der Waals surface area contributed by atoms with Gasteiger partial charge in [-0.1, -0.05) is 17.7 Å². The molecule has 0 spiro atoms. The standard InChI is InChI=1S/C11H10ClNO2/c12-9-2-1-3-10-8(9)6-7(13-10)4-5-11(14)15/h1-3,6,13H,4-5H2,(H,14,15). The second-order valence-corrected chi connectivity index (χ2v) is 3.80. The van der Waals surface area contributed by atoms with E-state index in [9.17, 15) is 4.79 Å². The number of halogens is 1. The lowest BCUT2D eigenvalue weighted by Gasteiger charge is -1.91. The number of aryl methyl sites for hydroxylation is 1. The Kier molecular flexibility index (Phi) is 2.64. The molecule has 1 heterocycles. The van der Waals surface area contributed by atoms with Gasteiger partial charge in [-0.25, -0.2) is 0 Å². The van der Waals surface area contributed by atoms with Crippen LogP contribution in [0.5, 0.6) is 0 Å². The van der Waals surface area contributed by atoms with Gasteiger partial charge in [0.25, 0.3) is 0 Å². The first-order valence-electron chi connectivity index (χ1n) is 4.65. The molecule has 2 rings (SSSR count). The molecule has 15 heavy (non-hydrogen) atoms. The number of nitrogens with one attached hydrogen (secondary N) is 1. The van der Waals surface area contributed by atoms with Gasteiger partial charge >= 0.3 is 5.97 Å². The van der Waals surface area contributed by atoms with Gasteiger partial charge in [-0.2, -0.15) is 0 Å². The fourth-order valence-electron chi connectivity index (χ4n) is 1.55. The van der Waals surface area contributed by atoms with Crippen LogP contribution in [0.3, 0.4) is 0 Å². The Hall–Kier alpha value is -1.48. The number of rotatable bonds is 3. The molecule has 0 amide bonds. The van der Waals surface area contributed by atoms with Gasteiger partial charge in [0.05, 0.1) is 6.42 Å². The second kappa shape index (κ2) is 3.95. The van der Waals surface area contributed by atoms with E-state index in [1.807, 2.05) is 24.3 Å². The molecule has 0 aliphatic heterocycles. The Bertz CT molecular complexity index is 504. The van der Waals surface area contributed by atoms with E-state index in [1.165, 1.54) is 0 Å². The Balaban J connectivity index is 2.31. The summed E-state index contributed by atoms with van der Waals surface area (Å²) in [5, 5.41) is 10.2. The number of benzene rings is 1.